The maximum absolute atomic E-state index is 12.1. The van der Waals surface area contributed by atoms with E-state index in [0.29, 0.717) is 23.6 Å². The zero-order chi connectivity index (χ0) is 19.1. The Morgan fingerprint density at radius 3 is 2.41 bits per heavy atom. The molecule has 2 amide bonds. The van der Waals surface area contributed by atoms with Gasteiger partial charge >= 0.3 is 6.03 Å². The molecular formula is C21H22N2O4. The zero-order valence-electron chi connectivity index (χ0n) is 15.0. The summed E-state index contributed by atoms with van der Waals surface area (Å²) in [7, 11) is 0. The van der Waals surface area contributed by atoms with E-state index in [1.807, 2.05) is 37.3 Å². The predicted octanol–water partition coefficient (Wildman–Crippen LogP) is 4.71. The van der Waals surface area contributed by atoms with Gasteiger partial charge in [-0.3, -0.25) is 0 Å². The van der Waals surface area contributed by atoms with Crippen LogP contribution in [0.4, 0.5) is 10.5 Å². The Bertz CT molecular complexity index is 832. The normalized spacial score (nSPS) is 12.8. The maximum atomic E-state index is 12.1. The average molecular weight is 366 g/mol. The van der Waals surface area contributed by atoms with Crippen molar-refractivity contribution in [1.82, 2.24) is 5.32 Å². The number of hydrogen-bond acceptors (Lipinski definition) is 4. The van der Waals surface area contributed by atoms with E-state index in [9.17, 15) is 9.90 Å². The Kier molecular flexibility index (Phi) is 6.12. The van der Waals surface area contributed by atoms with E-state index in [1.54, 1.807) is 36.4 Å². The summed E-state index contributed by atoms with van der Waals surface area (Å²) in [4.78, 5) is 12.1. The summed E-state index contributed by atoms with van der Waals surface area (Å²) in [6, 6.07) is 19.4. The van der Waals surface area contributed by atoms with Crippen molar-refractivity contribution in [3.63, 3.8) is 0 Å². The topological polar surface area (TPSA) is 83.7 Å². The molecule has 1 heterocycles. The molecule has 2 atom stereocenters. The SMILES string of the molecule is C[C@@H](C[C@@H](O)c1ccco1)NC(=O)Nc1ccc(Oc2ccccc2)cc1. The van der Waals surface area contributed by atoms with E-state index in [-0.39, 0.29) is 12.1 Å². The Morgan fingerprint density at radius 1 is 1.04 bits per heavy atom. The molecule has 140 valence electrons. The largest absolute Gasteiger partial charge is 0.467 e. The lowest BCUT2D eigenvalue weighted by Gasteiger charge is -2.17. The highest BCUT2D eigenvalue weighted by Crippen LogP contribution is 2.23. The second kappa shape index (κ2) is 8.91. The van der Waals surface area contributed by atoms with Crippen LogP contribution in [0, 0.1) is 0 Å². The molecule has 3 rings (SSSR count). The Labute approximate surface area is 157 Å². The van der Waals surface area contributed by atoms with E-state index < -0.39 is 6.10 Å². The van der Waals surface area contributed by atoms with Crippen LogP contribution in [0.5, 0.6) is 11.5 Å². The average Bonchev–Trinajstić information content (AvgIpc) is 3.19. The molecule has 6 nitrogen and oxygen atoms in total. The molecule has 0 aliphatic rings. The Hall–Kier alpha value is -3.25. The Morgan fingerprint density at radius 2 is 1.74 bits per heavy atom. The van der Waals surface area contributed by atoms with Gasteiger partial charge in [-0.15, -0.1) is 0 Å². The van der Waals surface area contributed by atoms with Gasteiger partial charge in [0.2, 0.25) is 0 Å². The van der Waals surface area contributed by atoms with E-state index in [0.717, 1.165) is 5.75 Å². The fourth-order valence-electron chi connectivity index (χ4n) is 2.61. The van der Waals surface area contributed by atoms with Crippen LogP contribution in [0.2, 0.25) is 0 Å². The minimum atomic E-state index is -0.760. The maximum Gasteiger partial charge on any atom is 0.319 e. The molecule has 0 aliphatic heterocycles. The first-order chi connectivity index (χ1) is 13.1. The number of hydrogen-bond donors (Lipinski definition) is 3. The molecule has 3 aromatic rings. The lowest BCUT2D eigenvalue weighted by atomic mass is 10.1. The number of aliphatic hydroxyl groups is 1. The van der Waals surface area contributed by atoms with Gasteiger partial charge in [-0.05, 0) is 55.5 Å². The molecule has 0 spiro atoms. The number of para-hydroxylation sites is 1. The van der Waals surface area contributed by atoms with E-state index >= 15 is 0 Å². The quantitative estimate of drug-likeness (QED) is 0.566. The number of anilines is 1. The van der Waals surface area contributed by atoms with Gasteiger partial charge in [0.1, 0.15) is 23.4 Å². The van der Waals surface area contributed by atoms with Crippen molar-refractivity contribution in [2.24, 2.45) is 0 Å². The fourth-order valence-corrected chi connectivity index (χ4v) is 2.61. The molecule has 0 saturated heterocycles. The number of carbonyl (C=O) groups excluding carboxylic acids is 1. The van der Waals surface area contributed by atoms with Crippen LogP contribution in [-0.2, 0) is 0 Å². The molecule has 0 aliphatic carbocycles. The van der Waals surface area contributed by atoms with Crippen molar-refractivity contribution in [1.29, 1.82) is 0 Å². The van der Waals surface area contributed by atoms with Gasteiger partial charge in [-0.1, -0.05) is 18.2 Å². The summed E-state index contributed by atoms with van der Waals surface area (Å²) in [6.07, 6.45) is 1.10. The number of carbonyl (C=O) groups is 1. The fraction of sp³-hybridized carbons (Fsp3) is 0.190. The summed E-state index contributed by atoms with van der Waals surface area (Å²) in [5, 5.41) is 15.6. The number of amides is 2. The highest BCUT2D eigenvalue weighted by atomic mass is 16.5. The lowest BCUT2D eigenvalue weighted by Crippen LogP contribution is -2.37. The minimum Gasteiger partial charge on any atom is -0.467 e. The van der Waals surface area contributed by atoms with E-state index in [1.165, 1.54) is 6.26 Å². The van der Waals surface area contributed by atoms with Crippen LogP contribution in [0.25, 0.3) is 0 Å². The van der Waals surface area contributed by atoms with Gasteiger partial charge in [-0.25, -0.2) is 4.79 Å². The molecule has 0 radical (unpaired) electrons. The van der Waals surface area contributed by atoms with Crippen LogP contribution in [-0.4, -0.2) is 17.2 Å². The highest BCUT2D eigenvalue weighted by molar-refractivity contribution is 5.89. The first-order valence-corrected chi connectivity index (χ1v) is 8.72. The number of urea groups is 1. The highest BCUT2D eigenvalue weighted by Gasteiger charge is 2.16. The summed E-state index contributed by atoms with van der Waals surface area (Å²) >= 11 is 0. The molecule has 0 unspecified atom stereocenters. The third-order valence-corrected chi connectivity index (χ3v) is 3.92. The molecule has 6 heteroatoms. The van der Waals surface area contributed by atoms with Gasteiger partial charge in [0.15, 0.2) is 0 Å². The van der Waals surface area contributed by atoms with Gasteiger partial charge in [-0.2, -0.15) is 0 Å². The molecule has 2 aromatic carbocycles. The van der Waals surface area contributed by atoms with Crippen molar-refractivity contribution in [3.8, 4) is 11.5 Å². The van der Waals surface area contributed by atoms with Crippen LogP contribution in [0.15, 0.2) is 77.4 Å². The van der Waals surface area contributed by atoms with E-state index in [4.69, 9.17) is 9.15 Å². The number of furan rings is 1. The molecule has 0 fully saturated rings. The van der Waals surface area contributed by atoms with E-state index in [2.05, 4.69) is 10.6 Å². The van der Waals surface area contributed by atoms with Crippen LogP contribution in [0.1, 0.15) is 25.2 Å². The van der Waals surface area contributed by atoms with Crippen molar-refractivity contribution in [2.75, 3.05) is 5.32 Å². The van der Waals surface area contributed by atoms with Crippen LogP contribution >= 0.6 is 0 Å². The first kappa shape index (κ1) is 18.5. The second-order valence-corrected chi connectivity index (χ2v) is 6.21. The van der Waals surface area contributed by atoms with Crippen molar-refractivity contribution in [3.05, 3.63) is 78.8 Å². The molecule has 0 bridgehead atoms. The number of rotatable bonds is 7. The minimum absolute atomic E-state index is 0.231. The standard InChI is InChI=1S/C21H22N2O4/c1-15(14-19(24)20-8-5-13-26-20)22-21(25)23-16-9-11-18(12-10-16)27-17-6-3-2-4-7-17/h2-13,15,19,24H,14H2,1H3,(H2,22,23,25)/t15-,19+/m0/s1. The second-order valence-electron chi connectivity index (χ2n) is 6.21. The van der Waals surface area contributed by atoms with Gasteiger partial charge in [0, 0.05) is 18.2 Å². The molecule has 3 N–H and O–H groups in total. The molecule has 1 aromatic heterocycles. The summed E-state index contributed by atoms with van der Waals surface area (Å²) in [6.45, 7) is 1.82. The summed E-state index contributed by atoms with van der Waals surface area (Å²) in [5.74, 6) is 1.92. The smallest absolute Gasteiger partial charge is 0.319 e. The number of ether oxygens (including phenoxy) is 1. The van der Waals surface area contributed by atoms with Gasteiger partial charge < -0.3 is 24.9 Å². The third-order valence-electron chi connectivity index (χ3n) is 3.92. The van der Waals surface area contributed by atoms with Crippen molar-refractivity contribution in [2.45, 2.75) is 25.5 Å². The predicted molar refractivity (Wildman–Crippen MR) is 103 cm³/mol. The summed E-state index contributed by atoms with van der Waals surface area (Å²) in [5.41, 5.74) is 0.645. The van der Waals surface area contributed by atoms with Gasteiger partial charge in [0.25, 0.3) is 0 Å². The summed E-state index contributed by atoms with van der Waals surface area (Å²) < 4.78 is 10.9. The molecule has 27 heavy (non-hydrogen) atoms. The van der Waals surface area contributed by atoms with Crippen LogP contribution < -0.4 is 15.4 Å². The van der Waals surface area contributed by atoms with Crippen molar-refractivity contribution < 1.29 is 19.1 Å². The number of benzene rings is 2. The molecular weight excluding hydrogens is 344 g/mol. The van der Waals surface area contributed by atoms with Crippen molar-refractivity contribution >= 4 is 11.7 Å². The zero-order valence-corrected chi connectivity index (χ0v) is 15.0. The number of aliphatic hydroxyl groups excluding tert-OH is 1. The third kappa shape index (κ3) is 5.62. The molecule has 0 saturated carbocycles. The van der Waals surface area contributed by atoms with Crippen LogP contribution in [0.3, 0.4) is 0 Å². The first-order valence-electron chi connectivity index (χ1n) is 8.72. The number of nitrogens with one attached hydrogen (secondary N) is 2. The Balaban J connectivity index is 1.47. The van der Waals surface area contributed by atoms with Gasteiger partial charge in [0.05, 0.1) is 6.26 Å². The lowest BCUT2D eigenvalue weighted by molar-refractivity contribution is 0.130. The monoisotopic (exact) mass is 366 g/mol.